The molecule has 0 unspecified atom stereocenters. The van der Waals surface area contributed by atoms with E-state index >= 15 is 0 Å². The van der Waals surface area contributed by atoms with Crippen molar-refractivity contribution in [3.05, 3.63) is 72.1 Å². The standard InChI is InChI=1S/C25H27N5O2/c1-3-14-27-25(31)30-20-11-9-18(10-12-20)13-15-26-23-21-17(2)22(19-7-5-4-6-8-19)32-24(21)29-16-28-23/h4-12,16H,3,13-15H2,1-2H3,(H,26,28,29)(H2,27,30,31). The van der Waals surface area contributed by atoms with E-state index in [0.717, 1.165) is 52.2 Å². The molecule has 0 aliphatic carbocycles. The third kappa shape index (κ3) is 4.88. The fourth-order valence-electron chi connectivity index (χ4n) is 3.56. The van der Waals surface area contributed by atoms with Gasteiger partial charge in [-0.1, -0.05) is 49.4 Å². The average Bonchev–Trinajstić information content (AvgIpc) is 3.17. The largest absolute Gasteiger partial charge is 0.437 e. The first-order valence-corrected chi connectivity index (χ1v) is 10.8. The molecular formula is C25H27N5O2. The number of urea groups is 1. The number of anilines is 2. The number of aryl methyl sites for hydroxylation is 1. The molecule has 0 aliphatic heterocycles. The Bertz CT molecular complexity index is 1190. The molecule has 164 valence electrons. The van der Waals surface area contributed by atoms with Crippen LogP contribution in [0.2, 0.25) is 0 Å². The number of hydrogen-bond acceptors (Lipinski definition) is 5. The molecule has 2 aromatic carbocycles. The van der Waals surface area contributed by atoms with Gasteiger partial charge in [-0.2, -0.15) is 0 Å². The van der Waals surface area contributed by atoms with Gasteiger partial charge in [0.2, 0.25) is 5.71 Å². The van der Waals surface area contributed by atoms with Crippen LogP contribution in [0, 0.1) is 6.92 Å². The first-order chi connectivity index (χ1) is 15.7. The molecule has 0 atom stereocenters. The molecular weight excluding hydrogens is 402 g/mol. The molecule has 2 aromatic heterocycles. The monoisotopic (exact) mass is 429 g/mol. The molecule has 7 heteroatoms. The minimum atomic E-state index is -0.181. The van der Waals surface area contributed by atoms with Crippen LogP contribution in [0.15, 0.2) is 65.3 Å². The smallest absolute Gasteiger partial charge is 0.319 e. The first-order valence-electron chi connectivity index (χ1n) is 10.8. The lowest BCUT2D eigenvalue weighted by Gasteiger charge is -2.09. The van der Waals surface area contributed by atoms with Gasteiger partial charge < -0.3 is 20.4 Å². The summed E-state index contributed by atoms with van der Waals surface area (Å²) < 4.78 is 6.03. The maximum Gasteiger partial charge on any atom is 0.319 e. The fraction of sp³-hybridized carbons (Fsp3) is 0.240. The van der Waals surface area contributed by atoms with E-state index in [4.69, 9.17) is 4.42 Å². The van der Waals surface area contributed by atoms with Crippen LogP contribution < -0.4 is 16.0 Å². The van der Waals surface area contributed by atoms with Crippen molar-refractivity contribution in [2.24, 2.45) is 0 Å². The predicted molar refractivity (Wildman–Crippen MR) is 128 cm³/mol. The number of rotatable bonds is 8. The van der Waals surface area contributed by atoms with Gasteiger partial charge in [-0.15, -0.1) is 0 Å². The van der Waals surface area contributed by atoms with E-state index in [1.165, 1.54) is 6.33 Å². The zero-order valence-electron chi connectivity index (χ0n) is 18.3. The van der Waals surface area contributed by atoms with Crippen LogP contribution in [0.5, 0.6) is 0 Å². The lowest BCUT2D eigenvalue weighted by atomic mass is 10.1. The zero-order chi connectivity index (χ0) is 22.3. The third-order valence-corrected chi connectivity index (χ3v) is 5.22. The zero-order valence-corrected chi connectivity index (χ0v) is 18.3. The summed E-state index contributed by atoms with van der Waals surface area (Å²) in [7, 11) is 0. The van der Waals surface area contributed by atoms with E-state index in [0.29, 0.717) is 18.8 Å². The van der Waals surface area contributed by atoms with Crippen molar-refractivity contribution in [2.75, 3.05) is 23.7 Å². The van der Waals surface area contributed by atoms with Gasteiger partial charge >= 0.3 is 6.03 Å². The van der Waals surface area contributed by atoms with Gasteiger partial charge in [-0.3, -0.25) is 0 Å². The average molecular weight is 430 g/mol. The second kappa shape index (κ2) is 9.96. The SMILES string of the molecule is CCCNC(=O)Nc1ccc(CCNc2ncnc3oc(-c4ccccc4)c(C)c23)cc1. The minimum Gasteiger partial charge on any atom is -0.437 e. The maximum absolute atomic E-state index is 11.8. The number of carbonyl (C=O) groups excluding carboxylic acids is 1. The van der Waals surface area contributed by atoms with Crippen molar-refractivity contribution in [1.82, 2.24) is 15.3 Å². The molecule has 0 saturated carbocycles. The molecule has 0 bridgehead atoms. The second-order valence-electron chi connectivity index (χ2n) is 7.58. The summed E-state index contributed by atoms with van der Waals surface area (Å²) in [5.41, 5.74) is 4.55. The van der Waals surface area contributed by atoms with E-state index < -0.39 is 0 Å². The van der Waals surface area contributed by atoms with E-state index in [2.05, 4.69) is 25.9 Å². The second-order valence-corrected chi connectivity index (χ2v) is 7.58. The molecule has 0 saturated heterocycles. The highest BCUT2D eigenvalue weighted by atomic mass is 16.3. The molecule has 2 heterocycles. The summed E-state index contributed by atoms with van der Waals surface area (Å²) in [6.45, 7) is 5.42. The molecule has 0 spiro atoms. The molecule has 7 nitrogen and oxygen atoms in total. The van der Waals surface area contributed by atoms with Crippen LogP contribution in [0.25, 0.3) is 22.4 Å². The van der Waals surface area contributed by atoms with Gasteiger partial charge in [0.15, 0.2) is 0 Å². The van der Waals surface area contributed by atoms with Crippen molar-refractivity contribution in [3.8, 4) is 11.3 Å². The van der Waals surface area contributed by atoms with Gasteiger partial charge in [0.1, 0.15) is 17.9 Å². The Kier molecular flexibility index (Phi) is 6.65. The lowest BCUT2D eigenvalue weighted by molar-refractivity contribution is 0.252. The van der Waals surface area contributed by atoms with E-state index in [1.807, 2.05) is 68.4 Å². The van der Waals surface area contributed by atoms with Crippen LogP contribution in [-0.4, -0.2) is 29.1 Å². The highest BCUT2D eigenvalue weighted by Crippen LogP contribution is 2.34. The molecule has 0 radical (unpaired) electrons. The molecule has 3 N–H and O–H groups in total. The lowest BCUT2D eigenvalue weighted by Crippen LogP contribution is -2.29. The summed E-state index contributed by atoms with van der Waals surface area (Å²) in [4.78, 5) is 20.5. The number of carbonyl (C=O) groups is 1. The Labute approximate surface area is 187 Å². The summed E-state index contributed by atoms with van der Waals surface area (Å²) in [5, 5.41) is 9.96. The topological polar surface area (TPSA) is 92.1 Å². The number of nitrogens with zero attached hydrogens (tertiary/aromatic N) is 2. The first kappa shape index (κ1) is 21.4. The number of aromatic nitrogens is 2. The van der Waals surface area contributed by atoms with E-state index in [-0.39, 0.29) is 6.03 Å². The normalized spacial score (nSPS) is 10.8. The fourth-order valence-corrected chi connectivity index (χ4v) is 3.56. The number of hydrogen-bond donors (Lipinski definition) is 3. The van der Waals surface area contributed by atoms with Crippen molar-refractivity contribution < 1.29 is 9.21 Å². The Morgan fingerprint density at radius 3 is 2.53 bits per heavy atom. The number of nitrogens with one attached hydrogen (secondary N) is 3. The van der Waals surface area contributed by atoms with E-state index in [1.54, 1.807) is 0 Å². The number of benzene rings is 2. The van der Waals surface area contributed by atoms with E-state index in [9.17, 15) is 4.79 Å². The minimum absolute atomic E-state index is 0.181. The maximum atomic E-state index is 11.8. The summed E-state index contributed by atoms with van der Waals surface area (Å²) in [5.74, 6) is 1.58. The predicted octanol–water partition coefficient (Wildman–Crippen LogP) is 5.38. The van der Waals surface area contributed by atoms with Gasteiger partial charge in [0.05, 0.1) is 5.39 Å². The van der Waals surface area contributed by atoms with Gasteiger partial charge in [0, 0.05) is 29.9 Å². The third-order valence-electron chi connectivity index (χ3n) is 5.22. The van der Waals surface area contributed by atoms with Crippen LogP contribution >= 0.6 is 0 Å². The molecule has 32 heavy (non-hydrogen) atoms. The Balaban J connectivity index is 1.40. The number of furan rings is 1. The van der Waals surface area contributed by atoms with Crippen molar-refractivity contribution >= 4 is 28.6 Å². The van der Waals surface area contributed by atoms with Crippen LogP contribution in [0.1, 0.15) is 24.5 Å². The Hall–Kier alpha value is -3.87. The molecule has 4 rings (SSSR count). The summed E-state index contributed by atoms with van der Waals surface area (Å²) in [6.07, 6.45) is 3.24. The highest BCUT2D eigenvalue weighted by Gasteiger charge is 2.17. The number of amides is 2. The summed E-state index contributed by atoms with van der Waals surface area (Å²) in [6, 6.07) is 17.7. The van der Waals surface area contributed by atoms with Gasteiger partial charge in [-0.05, 0) is 37.5 Å². The van der Waals surface area contributed by atoms with Gasteiger partial charge in [0.25, 0.3) is 0 Å². The van der Waals surface area contributed by atoms with Crippen LogP contribution in [-0.2, 0) is 6.42 Å². The van der Waals surface area contributed by atoms with Crippen molar-refractivity contribution in [1.29, 1.82) is 0 Å². The quantitative estimate of drug-likeness (QED) is 0.349. The van der Waals surface area contributed by atoms with Crippen LogP contribution in [0.4, 0.5) is 16.3 Å². The van der Waals surface area contributed by atoms with Crippen molar-refractivity contribution in [3.63, 3.8) is 0 Å². The Morgan fingerprint density at radius 2 is 1.78 bits per heavy atom. The highest BCUT2D eigenvalue weighted by molar-refractivity contribution is 5.93. The van der Waals surface area contributed by atoms with Crippen LogP contribution in [0.3, 0.4) is 0 Å². The molecule has 4 aromatic rings. The molecule has 0 fully saturated rings. The molecule has 2 amide bonds. The molecule has 0 aliphatic rings. The van der Waals surface area contributed by atoms with Gasteiger partial charge in [-0.25, -0.2) is 14.8 Å². The number of fused-ring (bicyclic) bond motifs is 1. The summed E-state index contributed by atoms with van der Waals surface area (Å²) >= 11 is 0. The van der Waals surface area contributed by atoms with Crippen molar-refractivity contribution in [2.45, 2.75) is 26.7 Å². The Morgan fingerprint density at radius 1 is 1.00 bits per heavy atom.